The molecule has 0 spiro atoms. The van der Waals surface area contributed by atoms with Gasteiger partial charge < -0.3 is 0 Å². The lowest BCUT2D eigenvalue weighted by Crippen LogP contribution is -2.13. The summed E-state index contributed by atoms with van der Waals surface area (Å²) in [6, 6.07) is 18.6. The van der Waals surface area contributed by atoms with Gasteiger partial charge in [-0.1, -0.05) is 50.6 Å². The van der Waals surface area contributed by atoms with Crippen molar-refractivity contribution in [1.82, 2.24) is 9.97 Å². The summed E-state index contributed by atoms with van der Waals surface area (Å²) in [6.07, 6.45) is 5.62. The molecule has 3 heteroatoms. The lowest BCUT2D eigenvalue weighted by atomic mass is 9.89. The predicted octanol–water partition coefficient (Wildman–Crippen LogP) is 6.91. The number of aromatic nitrogens is 2. The summed E-state index contributed by atoms with van der Waals surface area (Å²) in [7, 11) is 0. The lowest BCUT2D eigenvalue weighted by molar-refractivity contribution is 0.569. The first kappa shape index (κ1) is 17.7. The van der Waals surface area contributed by atoms with Gasteiger partial charge in [-0.05, 0) is 58.5 Å². The zero-order valence-corrected chi connectivity index (χ0v) is 16.5. The van der Waals surface area contributed by atoms with E-state index < -0.39 is 0 Å². The Morgan fingerprint density at radius 3 is 2.41 bits per heavy atom. The second kappa shape index (κ2) is 6.79. The van der Waals surface area contributed by atoms with Crippen LogP contribution >= 0.6 is 11.6 Å². The molecule has 0 saturated heterocycles. The molecule has 0 bridgehead atoms. The van der Waals surface area contributed by atoms with Crippen LogP contribution in [0.3, 0.4) is 0 Å². The molecule has 0 aliphatic rings. The van der Waals surface area contributed by atoms with E-state index in [4.69, 9.17) is 11.6 Å². The zero-order chi connectivity index (χ0) is 19.0. The van der Waals surface area contributed by atoms with Crippen LogP contribution in [-0.2, 0) is 5.41 Å². The van der Waals surface area contributed by atoms with Crippen LogP contribution in [0.1, 0.15) is 26.5 Å². The highest BCUT2D eigenvalue weighted by Gasteiger charge is 2.17. The maximum absolute atomic E-state index is 6.52. The predicted molar refractivity (Wildman–Crippen MR) is 114 cm³/mol. The molecular formula is C24H21ClN2. The number of halogens is 1. The van der Waals surface area contributed by atoms with Crippen LogP contribution in [0.15, 0.2) is 73.2 Å². The van der Waals surface area contributed by atoms with E-state index in [0.29, 0.717) is 0 Å². The molecule has 2 aromatic heterocycles. The first-order valence-electron chi connectivity index (χ1n) is 9.03. The molecule has 0 atom stereocenters. The van der Waals surface area contributed by atoms with Gasteiger partial charge in [0, 0.05) is 45.7 Å². The molecule has 0 N–H and O–H groups in total. The summed E-state index contributed by atoms with van der Waals surface area (Å²) >= 11 is 6.52. The minimum Gasteiger partial charge on any atom is -0.264 e. The van der Waals surface area contributed by atoms with E-state index in [1.165, 1.54) is 0 Å². The van der Waals surface area contributed by atoms with Crippen molar-refractivity contribution in [3.8, 4) is 22.3 Å². The minimum atomic E-state index is -0.0000178. The molecule has 0 aliphatic heterocycles. The molecule has 27 heavy (non-hydrogen) atoms. The molecule has 0 unspecified atom stereocenters. The van der Waals surface area contributed by atoms with Crippen LogP contribution in [0.4, 0.5) is 0 Å². The molecular weight excluding hydrogens is 352 g/mol. The molecule has 0 amide bonds. The molecule has 4 rings (SSSR count). The van der Waals surface area contributed by atoms with Gasteiger partial charge in [-0.3, -0.25) is 9.97 Å². The highest BCUT2D eigenvalue weighted by molar-refractivity contribution is 6.33. The van der Waals surface area contributed by atoms with E-state index in [1.54, 1.807) is 0 Å². The van der Waals surface area contributed by atoms with E-state index in [9.17, 15) is 0 Å². The van der Waals surface area contributed by atoms with E-state index in [1.807, 2.05) is 42.9 Å². The van der Waals surface area contributed by atoms with E-state index >= 15 is 0 Å². The second-order valence-corrected chi connectivity index (χ2v) is 8.19. The fourth-order valence-corrected chi connectivity index (χ4v) is 3.54. The average molecular weight is 373 g/mol. The Balaban J connectivity index is 1.98. The number of hydrogen-bond donors (Lipinski definition) is 0. The molecule has 0 saturated carbocycles. The Morgan fingerprint density at radius 1 is 0.815 bits per heavy atom. The van der Waals surface area contributed by atoms with Gasteiger partial charge in [0.25, 0.3) is 0 Å². The molecule has 2 heterocycles. The third-order valence-electron chi connectivity index (χ3n) is 4.78. The molecule has 2 aromatic carbocycles. The third kappa shape index (κ3) is 3.45. The van der Waals surface area contributed by atoms with Gasteiger partial charge >= 0.3 is 0 Å². The van der Waals surface area contributed by atoms with Crippen molar-refractivity contribution in [3.05, 3.63) is 83.9 Å². The molecule has 0 fully saturated rings. The van der Waals surface area contributed by atoms with Gasteiger partial charge in [-0.2, -0.15) is 0 Å². The Kier molecular flexibility index (Phi) is 4.45. The zero-order valence-electron chi connectivity index (χ0n) is 15.7. The summed E-state index contributed by atoms with van der Waals surface area (Å²) in [5, 5.41) is 2.99. The maximum atomic E-state index is 6.52. The quantitative estimate of drug-likeness (QED) is 0.382. The van der Waals surface area contributed by atoms with Crippen LogP contribution in [0.5, 0.6) is 0 Å². The number of nitrogens with zero attached hydrogens (tertiary/aromatic N) is 2. The van der Waals surface area contributed by atoms with Gasteiger partial charge in [-0.15, -0.1) is 0 Å². The summed E-state index contributed by atoms with van der Waals surface area (Å²) in [5.41, 5.74) is 5.50. The van der Waals surface area contributed by atoms with Crippen molar-refractivity contribution >= 4 is 22.4 Å². The highest BCUT2D eigenvalue weighted by Crippen LogP contribution is 2.37. The largest absolute Gasteiger partial charge is 0.264 e. The normalized spacial score (nSPS) is 11.7. The van der Waals surface area contributed by atoms with Gasteiger partial charge in [0.15, 0.2) is 0 Å². The first-order valence-corrected chi connectivity index (χ1v) is 9.41. The van der Waals surface area contributed by atoms with Crippen molar-refractivity contribution < 1.29 is 0 Å². The molecule has 134 valence electrons. The Labute approximate surface area is 164 Å². The van der Waals surface area contributed by atoms with Gasteiger partial charge in [0.2, 0.25) is 0 Å². The molecule has 4 aromatic rings. The minimum absolute atomic E-state index is 0.0000178. The molecule has 0 radical (unpaired) electrons. The van der Waals surface area contributed by atoms with Crippen molar-refractivity contribution in [2.45, 2.75) is 26.2 Å². The monoisotopic (exact) mass is 372 g/mol. The van der Waals surface area contributed by atoms with Crippen molar-refractivity contribution in [1.29, 1.82) is 0 Å². The van der Waals surface area contributed by atoms with Gasteiger partial charge in [-0.25, -0.2) is 0 Å². The molecule has 2 nitrogen and oxygen atoms in total. The standard InChI is InChI=1S/C24H21ClN2/c1-24(2,3)23-14-16(8-11-27-23)17-12-18-15-26-10-9-19(18)21(13-17)20-6-4-5-7-22(20)25/h4-15H,1-3H3. The summed E-state index contributed by atoms with van der Waals surface area (Å²) in [6.45, 7) is 6.54. The van der Waals surface area contributed by atoms with Crippen LogP contribution in [0.2, 0.25) is 5.02 Å². The van der Waals surface area contributed by atoms with Crippen molar-refractivity contribution in [2.75, 3.05) is 0 Å². The first-order chi connectivity index (χ1) is 12.9. The van der Waals surface area contributed by atoms with Crippen LogP contribution in [-0.4, -0.2) is 9.97 Å². The molecule has 0 aliphatic carbocycles. The van der Waals surface area contributed by atoms with E-state index in [-0.39, 0.29) is 5.41 Å². The topological polar surface area (TPSA) is 25.8 Å². The van der Waals surface area contributed by atoms with E-state index in [2.05, 4.69) is 61.1 Å². The Bertz CT molecular complexity index is 1130. The Hall–Kier alpha value is -2.71. The van der Waals surface area contributed by atoms with Crippen LogP contribution in [0.25, 0.3) is 33.0 Å². The lowest BCUT2D eigenvalue weighted by Gasteiger charge is -2.19. The average Bonchev–Trinajstić information content (AvgIpc) is 2.67. The SMILES string of the molecule is CC(C)(C)c1cc(-c2cc(-c3ccccc3Cl)c3ccncc3c2)ccn1. The fourth-order valence-electron chi connectivity index (χ4n) is 3.30. The van der Waals surface area contributed by atoms with Crippen LogP contribution in [0, 0.1) is 0 Å². The smallest absolute Gasteiger partial charge is 0.0484 e. The summed E-state index contributed by atoms with van der Waals surface area (Å²) < 4.78 is 0. The Morgan fingerprint density at radius 2 is 1.63 bits per heavy atom. The number of fused-ring (bicyclic) bond motifs is 1. The van der Waals surface area contributed by atoms with E-state index in [0.717, 1.165) is 43.7 Å². The fraction of sp³-hybridized carbons (Fsp3) is 0.167. The van der Waals surface area contributed by atoms with Crippen molar-refractivity contribution in [3.63, 3.8) is 0 Å². The maximum Gasteiger partial charge on any atom is 0.0484 e. The summed E-state index contributed by atoms with van der Waals surface area (Å²) in [5.74, 6) is 0. The number of hydrogen-bond acceptors (Lipinski definition) is 2. The highest BCUT2D eigenvalue weighted by atomic mass is 35.5. The van der Waals surface area contributed by atoms with Gasteiger partial charge in [0.1, 0.15) is 0 Å². The van der Waals surface area contributed by atoms with Crippen LogP contribution < -0.4 is 0 Å². The van der Waals surface area contributed by atoms with Gasteiger partial charge in [0.05, 0.1) is 0 Å². The summed E-state index contributed by atoms with van der Waals surface area (Å²) in [4.78, 5) is 8.88. The number of pyridine rings is 2. The van der Waals surface area contributed by atoms with Crippen molar-refractivity contribution in [2.24, 2.45) is 0 Å². The third-order valence-corrected chi connectivity index (χ3v) is 5.11. The number of rotatable bonds is 2. The number of benzene rings is 2. The second-order valence-electron chi connectivity index (χ2n) is 7.78.